The quantitative estimate of drug-likeness (QED) is 0.746. The topological polar surface area (TPSA) is 55.1 Å². The van der Waals surface area contributed by atoms with Gasteiger partial charge in [0, 0.05) is 12.4 Å². The molecule has 0 saturated carbocycles. The van der Waals surface area contributed by atoms with Crippen molar-refractivity contribution in [3.8, 4) is 5.69 Å². The predicted octanol–water partition coefficient (Wildman–Crippen LogP) is 2.72. The molecule has 3 rings (SSSR count). The average molecular weight is 238 g/mol. The summed E-state index contributed by atoms with van der Waals surface area (Å²) in [5, 5.41) is 10.2. The Hall–Kier alpha value is -2.62. The fraction of sp³-hybridized carbons (Fsp3) is 0. The molecule has 0 aliphatic rings. The Morgan fingerprint density at radius 2 is 1.94 bits per heavy atom. The van der Waals surface area contributed by atoms with Crippen LogP contribution in [-0.2, 0) is 0 Å². The standard InChI is InChI=1S/C14H10N2O2/c17-14(18)13-12(6-3-8-15-13)16-9-7-10-4-1-2-5-11(10)16/h1-9H,(H,17,18). The second kappa shape index (κ2) is 4.00. The zero-order valence-corrected chi connectivity index (χ0v) is 9.45. The Balaban J connectivity index is 2.30. The van der Waals surface area contributed by atoms with Gasteiger partial charge in [-0.2, -0.15) is 0 Å². The molecular formula is C14H10N2O2. The Kier molecular flexibility index (Phi) is 2.34. The van der Waals surface area contributed by atoms with Crippen molar-refractivity contribution in [2.24, 2.45) is 0 Å². The maximum Gasteiger partial charge on any atom is 0.356 e. The van der Waals surface area contributed by atoms with Crippen molar-refractivity contribution in [2.75, 3.05) is 0 Å². The maximum atomic E-state index is 11.2. The molecule has 88 valence electrons. The summed E-state index contributed by atoms with van der Waals surface area (Å²) in [5.74, 6) is -1.02. The lowest BCUT2D eigenvalue weighted by Crippen LogP contribution is -2.06. The summed E-state index contributed by atoms with van der Waals surface area (Å²) in [6.45, 7) is 0. The van der Waals surface area contributed by atoms with Crippen molar-refractivity contribution in [1.29, 1.82) is 0 Å². The fourth-order valence-corrected chi connectivity index (χ4v) is 2.05. The van der Waals surface area contributed by atoms with Crippen molar-refractivity contribution >= 4 is 16.9 Å². The van der Waals surface area contributed by atoms with E-state index in [1.807, 2.05) is 41.1 Å². The summed E-state index contributed by atoms with van der Waals surface area (Å²) in [4.78, 5) is 15.1. The Morgan fingerprint density at radius 1 is 1.11 bits per heavy atom. The number of carboxylic acid groups (broad SMARTS) is 1. The van der Waals surface area contributed by atoms with Crippen LogP contribution in [0.4, 0.5) is 0 Å². The number of hydrogen-bond acceptors (Lipinski definition) is 2. The van der Waals surface area contributed by atoms with Gasteiger partial charge in [0.05, 0.1) is 11.2 Å². The van der Waals surface area contributed by atoms with Crippen LogP contribution in [0.2, 0.25) is 0 Å². The first-order chi connectivity index (χ1) is 8.77. The minimum Gasteiger partial charge on any atom is -0.476 e. The van der Waals surface area contributed by atoms with Crippen molar-refractivity contribution in [3.63, 3.8) is 0 Å². The van der Waals surface area contributed by atoms with E-state index in [1.165, 1.54) is 6.20 Å². The van der Waals surface area contributed by atoms with Gasteiger partial charge in [-0.3, -0.25) is 0 Å². The van der Waals surface area contributed by atoms with Gasteiger partial charge in [0.1, 0.15) is 0 Å². The number of pyridine rings is 1. The number of rotatable bonds is 2. The lowest BCUT2D eigenvalue weighted by molar-refractivity contribution is 0.0690. The van der Waals surface area contributed by atoms with E-state index in [9.17, 15) is 4.79 Å². The molecule has 0 saturated heterocycles. The molecule has 2 heterocycles. The summed E-state index contributed by atoms with van der Waals surface area (Å²) >= 11 is 0. The monoisotopic (exact) mass is 238 g/mol. The minimum absolute atomic E-state index is 0.0545. The van der Waals surface area contributed by atoms with Crippen molar-refractivity contribution in [2.45, 2.75) is 0 Å². The molecule has 0 bridgehead atoms. The van der Waals surface area contributed by atoms with E-state index in [0.717, 1.165) is 10.9 Å². The molecule has 0 amide bonds. The summed E-state index contributed by atoms with van der Waals surface area (Å²) < 4.78 is 1.84. The molecule has 0 aliphatic heterocycles. The number of benzene rings is 1. The molecule has 0 radical (unpaired) electrons. The average Bonchev–Trinajstić information content (AvgIpc) is 2.82. The highest BCUT2D eigenvalue weighted by atomic mass is 16.4. The highest BCUT2D eigenvalue weighted by molar-refractivity contribution is 5.91. The van der Waals surface area contributed by atoms with Crippen molar-refractivity contribution in [3.05, 3.63) is 60.6 Å². The molecule has 4 nitrogen and oxygen atoms in total. The minimum atomic E-state index is -1.02. The molecule has 3 aromatic rings. The van der Waals surface area contributed by atoms with Crippen LogP contribution in [0.15, 0.2) is 54.9 Å². The maximum absolute atomic E-state index is 11.2. The first-order valence-electron chi connectivity index (χ1n) is 5.52. The van der Waals surface area contributed by atoms with Crippen LogP contribution in [0.25, 0.3) is 16.6 Å². The van der Waals surface area contributed by atoms with Crippen LogP contribution >= 0.6 is 0 Å². The molecule has 0 atom stereocenters. The molecule has 2 aromatic heterocycles. The van der Waals surface area contributed by atoms with Gasteiger partial charge in [0.15, 0.2) is 5.69 Å². The number of aromatic nitrogens is 2. The van der Waals surface area contributed by atoms with Gasteiger partial charge in [-0.1, -0.05) is 18.2 Å². The summed E-state index contributed by atoms with van der Waals surface area (Å²) in [6.07, 6.45) is 3.34. The van der Waals surface area contributed by atoms with E-state index < -0.39 is 5.97 Å². The zero-order valence-electron chi connectivity index (χ0n) is 9.45. The van der Waals surface area contributed by atoms with Crippen molar-refractivity contribution < 1.29 is 9.90 Å². The van der Waals surface area contributed by atoms with Crippen LogP contribution in [0.1, 0.15) is 10.5 Å². The highest BCUT2D eigenvalue weighted by Gasteiger charge is 2.13. The number of fused-ring (bicyclic) bond motifs is 1. The van der Waals surface area contributed by atoms with E-state index >= 15 is 0 Å². The molecule has 1 aromatic carbocycles. The number of nitrogens with zero attached hydrogens (tertiary/aromatic N) is 2. The summed E-state index contributed by atoms with van der Waals surface area (Å²) in [5.41, 5.74) is 1.60. The third kappa shape index (κ3) is 1.55. The lowest BCUT2D eigenvalue weighted by atomic mass is 10.2. The molecule has 0 spiro atoms. The second-order valence-electron chi connectivity index (χ2n) is 3.92. The fourth-order valence-electron chi connectivity index (χ4n) is 2.05. The van der Waals surface area contributed by atoms with Gasteiger partial charge in [0.2, 0.25) is 0 Å². The number of aromatic carboxylic acids is 1. The Bertz CT molecular complexity index is 731. The first kappa shape index (κ1) is 10.5. The van der Waals surface area contributed by atoms with Crippen LogP contribution in [0.5, 0.6) is 0 Å². The van der Waals surface area contributed by atoms with Gasteiger partial charge in [-0.25, -0.2) is 9.78 Å². The molecule has 1 N–H and O–H groups in total. The number of hydrogen-bond donors (Lipinski definition) is 1. The molecular weight excluding hydrogens is 228 g/mol. The van der Waals surface area contributed by atoms with Gasteiger partial charge in [0.25, 0.3) is 0 Å². The zero-order chi connectivity index (χ0) is 12.5. The largest absolute Gasteiger partial charge is 0.476 e. The lowest BCUT2D eigenvalue weighted by Gasteiger charge is -2.07. The van der Waals surface area contributed by atoms with Gasteiger partial charge in [-0.05, 0) is 29.7 Å². The molecule has 0 unspecified atom stereocenters. The first-order valence-corrected chi connectivity index (χ1v) is 5.52. The third-order valence-corrected chi connectivity index (χ3v) is 2.85. The van der Waals surface area contributed by atoms with E-state index in [4.69, 9.17) is 5.11 Å². The van der Waals surface area contributed by atoms with Crippen molar-refractivity contribution in [1.82, 2.24) is 9.55 Å². The molecule has 0 fully saturated rings. The van der Waals surface area contributed by atoms with Gasteiger partial charge in [-0.15, -0.1) is 0 Å². The van der Waals surface area contributed by atoms with E-state index in [1.54, 1.807) is 12.1 Å². The smallest absolute Gasteiger partial charge is 0.356 e. The van der Waals surface area contributed by atoms with Gasteiger partial charge >= 0.3 is 5.97 Å². The number of para-hydroxylation sites is 1. The SMILES string of the molecule is O=C(O)c1ncccc1-n1ccc2ccccc21. The van der Waals surface area contributed by atoms with E-state index in [-0.39, 0.29) is 5.69 Å². The molecule has 18 heavy (non-hydrogen) atoms. The van der Waals surface area contributed by atoms with Crippen LogP contribution in [0.3, 0.4) is 0 Å². The predicted molar refractivity (Wildman–Crippen MR) is 68.0 cm³/mol. The normalized spacial score (nSPS) is 10.7. The van der Waals surface area contributed by atoms with Gasteiger partial charge < -0.3 is 9.67 Å². The molecule has 4 heteroatoms. The Labute approximate surface area is 103 Å². The van der Waals surface area contributed by atoms with E-state index in [2.05, 4.69) is 4.98 Å². The number of carboxylic acids is 1. The summed E-state index contributed by atoms with van der Waals surface area (Å²) in [7, 11) is 0. The van der Waals surface area contributed by atoms with Crippen LogP contribution in [-0.4, -0.2) is 20.6 Å². The highest BCUT2D eigenvalue weighted by Crippen LogP contribution is 2.21. The second-order valence-corrected chi connectivity index (χ2v) is 3.92. The van der Waals surface area contributed by atoms with Crippen LogP contribution in [0, 0.1) is 0 Å². The number of carbonyl (C=O) groups is 1. The Morgan fingerprint density at radius 3 is 2.78 bits per heavy atom. The van der Waals surface area contributed by atoms with E-state index in [0.29, 0.717) is 5.69 Å². The molecule has 0 aliphatic carbocycles. The van der Waals surface area contributed by atoms with Crippen LogP contribution < -0.4 is 0 Å². The third-order valence-electron chi connectivity index (χ3n) is 2.85. The summed E-state index contributed by atoms with van der Waals surface area (Å²) in [6, 6.07) is 13.3.